The van der Waals surface area contributed by atoms with Gasteiger partial charge in [0.1, 0.15) is 10.3 Å². The van der Waals surface area contributed by atoms with Crippen LogP contribution in [0.2, 0.25) is 10.3 Å². The molecule has 0 aliphatic rings. The SMILES string of the molecule is C=CC(=O)Nc1ccc(-c2nc(Cl)cc(Cl)n2)cc1. The lowest BCUT2D eigenvalue weighted by Crippen LogP contribution is -2.06. The quantitative estimate of drug-likeness (QED) is 0.695. The fourth-order valence-electron chi connectivity index (χ4n) is 1.42. The standard InChI is InChI=1S/C13H9Cl2N3O/c1-2-12(19)16-9-5-3-8(4-6-9)13-17-10(14)7-11(15)18-13/h2-7H,1H2,(H,16,19). The van der Waals surface area contributed by atoms with Crippen molar-refractivity contribution in [1.82, 2.24) is 9.97 Å². The number of rotatable bonds is 3. The van der Waals surface area contributed by atoms with Crippen molar-refractivity contribution < 1.29 is 4.79 Å². The minimum absolute atomic E-state index is 0.269. The second-order valence-corrected chi connectivity index (χ2v) is 4.38. The summed E-state index contributed by atoms with van der Waals surface area (Å²) in [6.07, 6.45) is 1.20. The first-order valence-corrected chi connectivity index (χ1v) is 6.08. The van der Waals surface area contributed by atoms with E-state index in [0.717, 1.165) is 5.56 Å². The van der Waals surface area contributed by atoms with Crippen LogP contribution in [0.25, 0.3) is 11.4 Å². The molecular weight excluding hydrogens is 285 g/mol. The van der Waals surface area contributed by atoms with Crippen molar-refractivity contribution in [3.05, 3.63) is 53.3 Å². The van der Waals surface area contributed by atoms with Crippen LogP contribution in [0.15, 0.2) is 43.0 Å². The predicted molar refractivity (Wildman–Crippen MR) is 76.3 cm³/mol. The molecule has 1 aromatic heterocycles. The monoisotopic (exact) mass is 293 g/mol. The smallest absolute Gasteiger partial charge is 0.247 e. The van der Waals surface area contributed by atoms with Crippen LogP contribution >= 0.6 is 23.2 Å². The van der Waals surface area contributed by atoms with Gasteiger partial charge >= 0.3 is 0 Å². The van der Waals surface area contributed by atoms with Crippen molar-refractivity contribution in [3.63, 3.8) is 0 Å². The van der Waals surface area contributed by atoms with Gasteiger partial charge in [-0.1, -0.05) is 29.8 Å². The van der Waals surface area contributed by atoms with Crippen LogP contribution in [0.4, 0.5) is 5.69 Å². The van der Waals surface area contributed by atoms with Crippen molar-refractivity contribution in [2.75, 3.05) is 5.32 Å². The summed E-state index contributed by atoms with van der Waals surface area (Å²) < 4.78 is 0. The molecule has 1 N–H and O–H groups in total. The summed E-state index contributed by atoms with van der Waals surface area (Å²) in [5, 5.41) is 3.20. The molecule has 2 aromatic rings. The molecule has 0 radical (unpaired) electrons. The molecule has 0 atom stereocenters. The molecule has 0 saturated carbocycles. The highest BCUT2D eigenvalue weighted by atomic mass is 35.5. The van der Waals surface area contributed by atoms with Crippen LogP contribution in [0.3, 0.4) is 0 Å². The number of anilines is 1. The minimum atomic E-state index is -0.269. The molecule has 4 nitrogen and oxygen atoms in total. The van der Waals surface area contributed by atoms with Crippen molar-refractivity contribution >= 4 is 34.8 Å². The molecule has 0 spiro atoms. The molecule has 0 unspecified atom stereocenters. The Labute approximate surface area is 120 Å². The average Bonchev–Trinajstić information content (AvgIpc) is 2.38. The number of hydrogen-bond acceptors (Lipinski definition) is 3. The van der Waals surface area contributed by atoms with Crippen LogP contribution in [-0.2, 0) is 4.79 Å². The van der Waals surface area contributed by atoms with Crippen LogP contribution in [0.1, 0.15) is 0 Å². The van der Waals surface area contributed by atoms with Gasteiger partial charge in [0.05, 0.1) is 0 Å². The molecule has 19 heavy (non-hydrogen) atoms. The zero-order valence-electron chi connectivity index (χ0n) is 9.73. The lowest BCUT2D eigenvalue weighted by molar-refractivity contribution is -0.111. The van der Waals surface area contributed by atoms with Gasteiger partial charge in [0.2, 0.25) is 5.91 Å². The van der Waals surface area contributed by atoms with Crippen molar-refractivity contribution in [3.8, 4) is 11.4 Å². The third-order valence-corrected chi connectivity index (χ3v) is 2.65. The maximum absolute atomic E-state index is 11.1. The van der Waals surface area contributed by atoms with Crippen LogP contribution in [0.5, 0.6) is 0 Å². The zero-order valence-corrected chi connectivity index (χ0v) is 11.2. The van der Waals surface area contributed by atoms with E-state index in [4.69, 9.17) is 23.2 Å². The van der Waals surface area contributed by atoms with Gasteiger partial charge < -0.3 is 5.32 Å². The average molecular weight is 294 g/mol. The predicted octanol–water partition coefficient (Wildman–Crippen LogP) is 3.57. The highest BCUT2D eigenvalue weighted by molar-refractivity contribution is 6.33. The van der Waals surface area contributed by atoms with E-state index < -0.39 is 0 Å². The number of amides is 1. The van der Waals surface area contributed by atoms with Gasteiger partial charge in [-0.3, -0.25) is 4.79 Å². The topological polar surface area (TPSA) is 54.9 Å². The van der Waals surface area contributed by atoms with Crippen molar-refractivity contribution in [2.45, 2.75) is 0 Å². The number of hydrogen-bond donors (Lipinski definition) is 1. The minimum Gasteiger partial charge on any atom is -0.323 e. The summed E-state index contributed by atoms with van der Waals surface area (Å²) in [6.45, 7) is 3.38. The molecule has 96 valence electrons. The molecule has 2 rings (SSSR count). The van der Waals surface area contributed by atoms with E-state index in [1.165, 1.54) is 12.1 Å². The molecule has 0 aliphatic heterocycles. The Balaban J connectivity index is 2.27. The third-order valence-electron chi connectivity index (χ3n) is 2.26. The first-order chi connectivity index (χ1) is 9.08. The maximum Gasteiger partial charge on any atom is 0.247 e. The summed E-state index contributed by atoms with van der Waals surface area (Å²) in [6, 6.07) is 8.45. The third kappa shape index (κ3) is 3.53. The van der Waals surface area contributed by atoms with Gasteiger partial charge in [0.15, 0.2) is 5.82 Å². The molecule has 1 amide bonds. The number of carbonyl (C=O) groups excluding carboxylic acids is 1. The summed E-state index contributed by atoms with van der Waals surface area (Å²) in [5.74, 6) is 0.161. The van der Waals surface area contributed by atoms with Crippen LogP contribution < -0.4 is 5.32 Å². The highest BCUT2D eigenvalue weighted by Crippen LogP contribution is 2.21. The molecule has 1 aromatic carbocycles. The summed E-state index contributed by atoms with van der Waals surface area (Å²) >= 11 is 11.6. The zero-order chi connectivity index (χ0) is 13.8. The number of benzene rings is 1. The second kappa shape index (κ2) is 5.82. The van der Waals surface area contributed by atoms with Gasteiger partial charge in [-0.15, -0.1) is 0 Å². The van der Waals surface area contributed by atoms with E-state index in [0.29, 0.717) is 11.5 Å². The van der Waals surface area contributed by atoms with Gasteiger partial charge in [-0.05, 0) is 30.3 Å². The normalized spacial score (nSPS) is 10.0. The fourth-order valence-corrected chi connectivity index (χ4v) is 1.84. The van der Waals surface area contributed by atoms with E-state index in [-0.39, 0.29) is 16.2 Å². The van der Waals surface area contributed by atoms with Gasteiger partial charge in [0.25, 0.3) is 0 Å². The van der Waals surface area contributed by atoms with E-state index in [1.54, 1.807) is 24.3 Å². The Bertz CT molecular complexity index is 606. The molecule has 0 fully saturated rings. The fraction of sp³-hybridized carbons (Fsp3) is 0. The van der Waals surface area contributed by atoms with Gasteiger partial charge in [-0.2, -0.15) is 0 Å². The van der Waals surface area contributed by atoms with E-state index in [9.17, 15) is 4.79 Å². The lowest BCUT2D eigenvalue weighted by Gasteiger charge is -2.04. The molecule has 1 heterocycles. The molecule has 0 saturated heterocycles. The number of carbonyl (C=O) groups is 1. The first kappa shape index (κ1) is 13.5. The van der Waals surface area contributed by atoms with Gasteiger partial charge in [0, 0.05) is 17.3 Å². The Kier molecular flexibility index (Phi) is 4.14. The van der Waals surface area contributed by atoms with E-state index in [2.05, 4.69) is 21.9 Å². The van der Waals surface area contributed by atoms with Crippen molar-refractivity contribution in [1.29, 1.82) is 0 Å². The van der Waals surface area contributed by atoms with Crippen molar-refractivity contribution in [2.24, 2.45) is 0 Å². The Morgan fingerprint density at radius 1 is 1.16 bits per heavy atom. The second-order valence-electron chi connectivity index (χ2n) is 3.61. The van der Waals surface area contributed by atoms with E-state index in [1.807, 2.05) is 0 Å². The van der Waals surface area contributed by atoms with Gasteiger partial charge in [-0.25, -0.2) is 9.97 Å². The number of nitrogens with one attached hydrogen (secondary N) is 1. The Hall–Kier alpha value is -1.91. The summed E-state index contributed by atoms with van der Waals surface area (Å²) in [5.41, 5.74) is 1.41. The number of aromatic nitrogens is 2. The molecule has 0 bridgehead atoms. The molecule has 6 heteroatoms. The summed E-state index contributed by atoms with van der Waals surface area (Å²) in [7, 11) is 0. The molecule has 0 aliphatic carbocycles. The molecular formula is C13H9Cl2N3O. The highest BCUT2D eigenvalue weighted by Gasteiger charge is 2.05. The van der Waals surface area contributed by atoms with Crippen LogP contribution in [0, 0.1) is 0 Å². The largest absolute Gasteiger partial charge is 0.323 e. The number of halogens is 2. The summed E-state index contributed by atoms with van der Waals surface area (Å²) in [4.78, 5) is 19.3. The van der Waals surface area contributed by atoms with Crippen LogP contribution in [-0.4, -0.2) is 15.9 Å². The van der Waals surface area contributed by atoms with E-state index >= 15 is 0 Å². The lowest BCUT2D eigenvalue weighted by atomic mass is 10.2. The maximum atomic E-state index is 11.1. The number of nitrogens with zero attached hydrogens (tertiary/aromatic N) is 2. The Morgan fingerprint density at radius 2 is 1.74 bits per heavy atom. The Morgan fingerprint density at radius 3 is 2.26 bits per heavy atom. The first-order valence-electron chi connectivity index (χ1n) is 5.32.